The summed E-state index contributed by atoms with van der Waals surface area (Å²) in [6, 6.07) is 0. The molecule has 0 aromatic heterocycles. The molecule has 0 bridgehead atoms. The molecule has 13 heavy (non-hydrogen) atoms. The Bertz CT molecular complexity index is 161. The zero-order chi connectivity index (χ0) is 9.95. The van der Waals surface area contributed by atoms with E-state index in [0.717, 1.165) is 32.1 Å². The van der Waals surface area contributed by atoms with Gasteiger partial charge in [0.2, 0.25) is 0 Å². The molecule has 1 heteroatoms. The van der Waals surface area contributed by atoms with Gasteiger partial charge in [-0.2, -0.15) is 0 Å². The van der Waals surface area contributed by atoms with Gasteiger partial charge in [0.25, 0.3) is 0 Å². The second-order valence-electron chi connectivity index (χ2n) is 4.88. The maximum atomic E-state index is 14.1. The summed E-state index contributed by atoms with van der Waals surface area (Å²) in [4.78, 5) is 0. The molecule has 0 heterocycles. The Balaban J connectivity index is 2.52. The van der Waals surface area contributed by atoms with Crippen molar-refractivity contribution in [1.82, 2.24) is 0 Å². The first-order chi connectivity index (χ1) is 6.08. The van der Waals surface area contributed by atoms with Crippen LogP contribution in [0.5, 0.6) is 0 Å². The van der Waals surface area contributed by atoms with Crippen molar-refractivity contribution in [1.29, 1.82) is 0 Å². The first-order valence-electron chi connectivity index (χ1n) is 5.77. The molecule has 0 saturated heterocycles. The lowest BCUT2D eigenvalue weighted by Crippen LogP contribution is -2.30. The van der Waals surface area contributed by atoms with Crippen LogP contribution in [-0.4, -0.2) is 5.67 Å². The predicted molar refractivity (Wildman–Crippen MR) is 55.6 cm³/mol. The van der Waals surface area contributed by atoms with Gasteiger partial charge in [0.15, 0.2) is 0 Å². The smallest absolute Gasteiger partial charge is 0.116 e. The summed E-state index contributed by atoms with van der Waals surface area (Å²) in [5.41, 5.74) is -0.810. The molecule has 0 aromatic rings. The van der Waals surface area contributed by atoms with Crippen molar-refractivity contribution >= 4 is 0 Å². The Morgan fingerprint density at radius 3 is 2.15 bits per heavy atom. The van der Waals surface area contributed by atoms with Gasteiger partial charge in [0.1, 0.15) is 5.67 Å². The molecule has 1 rings (SSSR count). The predicted octanol–water partition coefficient (Wildman–Crippen LogP) is 4.49. The minimum Gasteiger partial charge on any atom is -0.243 e. The van der Waals surface area contributed by atoms with E-state index in [2.05, 4.69) is 20.8 Å². The topological polar surface area (TPSA) is 0 Å². The van der Waals surface area contributed by atoms with E-state index < -0.39 is 5.67 Å². The Morgan fingerprint density at radius 2 is 1.77 bits per heavy atom. The molecule has 0 radical (unpaired) electrons. The van der Waals surface area contributed by atoms with Crippen LogP contribution >= 0.6 is 0 Å². The van der Waals surface area contributed by atoms with E-state index in [1.165, 1.54) is 12.8 Å². The lowest BCUT2D eigenvalue weighted by Gasteiger charge is -2.33. The fraction of sp³-hybridized carbons (Fsp3) is 1.00. The van der Waals surface area contributed by atoms with E-state index >= 15 is 0 Å². The number of rotatable bonds is 6. The highest BCUT2D eigenvalue weighted by Gasteiger charge is 2.56. The third-order valence-electron chi connectivity index (χ3n) is 3.65. The molecule has 0 spiro atoms. The first-order valence-corrected chi connectivity index (χ1v) is 5.77. The summed E-state index contributed by atoms with van der Waals surface area (Å²) in [6.07, 6.45) is 7.25. The first kappa shape index (κ1) is 11.0. The summed E-state index contributed by atoms with van der Waals surface area (Å²) >= 11 is 0. The third-order valence-corrected chi connectivity index (χ3v) is 3.65. The zero-order valence-electron chi connectivity index (χ0n) is 9.33. The van der Waals surface area contributed by atoms with Crippen LogP contribution < -0.4 is 0 Å². The Labute approximate surface area is 81.9 Å². The summed E-state index contributed by atoms with van der Waals surface area (Å²) < 4.78 is 14.1. The number of hydrogen-bond acceptors (Lipinski definition) is 0. The van der Waals surface area contributed by atoms with Crippen LogP contribution in [0.2, 0.25) is 0 Å². The number of unbranched alkanes of at least 4 members (excludes halogenated alkanes) is 1. The highest BCUT2D eigenvalue weighted by Crippen LogP contribution is 2.57. The second kappa shape index (κ2) is 3.98. The van der Waals surface area contributed by atoms with Crippen LogP contribution in [0.4, 0.5) is 4.39 Å². The summed E-state index contributed by atoms with van der Waals surface area (Å²) in [5.74, 6) is 0. The van der Waals surface area contributed by atoms with Gasteiger partial charge in [-0.05, 0) is 25.7 Å². The SMILES string of the molecule is CCCCC(C)(CCC)C1(F)CC1. The van der Waals surface area contributed by atoms with Gasteiger partial charge in [0, 0.05) is 5.41 Å². The molecule has 1 unspecified atom stereocenters. The van der Waals surface area contributed by atoms with Crippen molar-refractivity contribution in [2.75, 3.05) is 0 Å². The van der Waals surface area contributed by atoms with E-state index in [0.29, 0.717) is 0 Å². The third kappa shape index (κ3) is 2.24. The van der Waals surface area contributed by atoms with Crippen LogP contribution in [0.3, 0.4) is 0 Å². The Morgan fingerprint density at radius 1 is 1.15 bits per heavy atom. The van der Waals surface area contributed by atoms with Gasteiger partial charge in [-0.1, -0.05) is 40.0 Å². The maximum Gasteiger partial charge on any atom is 0.116 e. The lowest BCUT2D eigenvalue weighted by molar-refractivity contribution is 0.0761. The summed E-state index contributed by atoms with van der Waals surface area (Å²) in [7, 11) is 0. The molecule has 1 fully saturated rings. The quantitative estimate of drug-likeness (QED) is 0.573. The van der Waals surface area contributed by atoms with Crippen LogP contribution in [-0.2, 0) is 0 Å². The number of alkyl halides is 1. The van der Waals surface area contributed by atoms with Gasteiger partial charge in [-0.15, -0.1) is 0 Å². The van der Waals surface area contributed by atoms with Gasteiger partial charge < -0.3 is 0 Å². The summed E-state index contributed by atoms with van der Waals surface area (Å²) in [6.45, 7) is 6.50. The average Bonchev–Trinajstić information content (AvgIpc) is 2.82. The van der Waals surface area contributed by atoms with Gasteiger partial charge in [-0.25, -0.2) is 4.39 Å². The standard InChI is InChI=1S/C12H23F/c1-4-6-8-11(3,7-5-2)12(13)9-10-12/h4-10H2,1-3H3. The monoisotopic (exact) mass is 186 g/mol. The maximum absolute atomic E-state index is 14.1. The van der Waals surface area contributed by atoms with Gasteiger partial charge in [-0.3, -0.25) is 0 Å². The molecule has 1 aliphatic carbocycles. The molecule has 0 nitrogen and oxygen atoms in total. The van der Waals surface area contributed by atoms with Crippen molar-refractivity contribution in [3.05, 3.63) is 0 Å². The van der Waals surface area contributed by atoms with Crippen LogP contribution in [0.1, 0.15) is 65.7 Å². The minimum atomic E-state index is -0.793. The fourth-order valence-corrected chi connectivity index (χ4v) is 2.41. The molecular weight excluding hydrogens is 163 g/mol. The second-order valence-corrected chi connectivity index (χ2v) is 4.88. The molecule has 0 N–H and O–H groups in total. The lowest BCUT2D eigenvalue weighted by atomic mass is 9.75. The fourth-order valence-electron chi connectivity index (χ4n) is 2.41. The average molecular weight is 186 g/mol. The molecule has 1 atom stereocenters. The van der Waals surface area contributed by atoms with Crippen molar-refractivity contribution in [2.24, 2.45) is 5.41 Å². The molecule has 1 saturated carbocycles. The zero-order valence-corrected chi connectivity index (χ0v) is 9.33. The van der Waals surface area contributed by atoms with E-state index in [1.807, 2.05) is 0 Å². The molecular formula is C12H23F. The Kier molecular flexibility index (Phi) is 3.37. The largest absolute Gasteiger partial charge is 0.243 e. The normalized spacial score (nSPS) is 24.0. The highest BCUT2D eigenvalue weighted by atomic mass is 19.1. The van der Waals surface area contributed by atoms with Gasteiger partial charge in [0.05, 0.1) is 0 Å². The number of hydrogen-bond donors (Lipinski definition) is 0. The number of halogens is 1. The van der Waals surface area contributed by atoms with E-state index in [-0.39, 0.29) is 5.41 Å². The van der Waals surface area contributed by atoms with Crippen molar-refractivity contribution in [3.63, 3.8) is 0 Å². The van der Waals surface area contributed by atoms with E-state index in [4.69, 9.17) is 0 Å². The van der Waals surface area contributed by atoms with Gasteiger partial charge >= 0.3 is 0 Å². The van der Waals surface area contributed by atoms with E-state index in [1.54, 1.807) is 0 Å². The van der Waals surface area contributed by atoms with Crippen LogP contribution in [0.15, 0.2) is 0 Å². The molecule has 0 aromatic carbocycles. The summed E-state index contributed by atoms with van der Waals surface area (Å²) in [5, 5.41) is 0. The van der Waals surface area contributed by atoms with Crippen molar-refractivity contribution in [3.8, 4) is 0 Å². The Hall–Kier alpha value is -0.0700. The molecule has 0 aliphatic heterocycles. The highest BCUT2D eigenvalue weighted by molar-refractivity contribution is 5.06. The van der Waals surface area contributed by atoms with Crippen LogP contribution in [0, 0.1) is 5.41 Å². The van der Waals surface area contributed by atoms with E-state index in [9.17, 15) is 4.39 Å². The van der Waals surface area contributed by atoms with Crippen molar-refractivity contribution < 1.29 is 4.39 Å². The molecule has 0 amide bonds. The van der Waals surface area contributed by atoms with Crippen LogP contribution in [0.25, 0.3) is 0 Å². The minimum absolute atomic E-state index is 0.0161. The molecule has 1 aliphatic rings. The molecule has 78 valence electrons. The van der Waals surface area contributed by atoms with Crippen molar-refractivity contribution in [2.45, 2.75) is 71.4 Å².